The zero-order chi connectivity index (χ0) is 23.3. The Bertz CT molecular complexity index is 1400. The molecular formula is C29H24N2O2S. The molecule has 0 atom stereocenters. The van der Waals surface area contributed by atoms with Crippen LogP contribution in [0.5, 0.6) is 5.75 Å². The number of amides is 1. The lowest BCUT2D eigenvalue weighted by Gasteiger charge is -2.20. The van der Waals surface area contributed by atoms with Crippen LogP contribution in [-0.2, 0) is 13.0 Å². The predicted molar refractivity (Wildman–Crippen MR) is 139 cm³/mol. The number of benzene rings is 4. The lowest BCUT2D eigenvalue weighted by molar-refractivity contribution is 0.0985. The van der Waals surface area contributed by atoms with Crippen LogP contribution < -0.4 is 9.64 Å². The zero-order valence-electron chi connectivity index (χ0n) is 18.8. The van der Waals surface area contributed by atoms with Crippen LogP contribution in [0.25, 0.3) is 10.2 Å². The molecule has 1 amide bonds. The van der Waals surface area contributed by atoms with E-state index in [1.807, 2.05) is 91.0 Å². The Balaban J connectivity index is 1.45. The first kappa shape index (κ1) is 21.9. The van der Waals surface area contributed by atoms with Crippen molar-refractivity contribution < 1.29 is 9.53 Å². The molecule has 34 heavy (non-hydrogen) atoms. The Kier molecular flexibility index (Phi) is 6.36. The molecule has 0 saturated heterocycles. The summed E-state index contributed by atoms with van der Waals surface area (Å²) in [5.74, 6) is 0.707. The van der Waals surface area contributed by atoms with Gasteiger partial charge in [-0.2, -0.15) is 0 Å². The van der Waals surface area contributed by atoms with Gasteiger partial charge in [0.1, 0.15) is 5.75 Å². The van der Waals surface area contributed by atoms with Crippen molar-refractivity contribution in [3.63, 3.8) is 0 Å². The highest BCUT2D eigenvalue weighted by molar-refractivity contribution is 7.22. The highest BCUT2D eigenvalue weighted by Crippen LogP contribution is 2.33. The minimum absolute atomic E-state index is 0.0684. The molecular weight excluding hydrogens is 440 g/mol. The number of rotatable bonds is 7. The molecule has 168 valence electrons. The SMILES string of the molecule is COc1ccc2nc(N(Cc3ccccc3)C(=O)c3ccc(Cc4ccccc4)cc3)sc2c1. The predicted octanol–water partition coefficient (Wildman–Crippen LogP) is 6.74. The molecule has 0 fully saturated rings. The van der Waals surface area contributed by atoms with Gasteiger partial charge in [0.05, 0.1) is 23.9 Å². The Morgan fingerprint density at radius 1 is 0.824 bits per heavy atom. The highest BCUT2D eigenvalue weighted by Gasteiger charge is 2.22. The minimum Gasteiger partial charge on any atom is -0.497 e. The summed E-state index contributed by atoms with van der Waals surface area (Å²) < 4.78 is 6.34. The van der Waals surface area contributed by atoms with Crippen molar-refractivity contribution in [1.82, 2.24) is 4.98 Å². The van der Waals surface area contributed by atoms with Gasteiger partial charge in [0.2, 0.25) is 0 Å². The van der Waals surface area contributed by atoms with E-state index in [1.165, 1.54) is 22.5 Å². The number of nitrogens with zero attached hydrogens (tertiary/aromatic N) is 2. The average Bonchev–Trinajstić information content (AvgIpc) is 3.31. The third-order valence-corrected chi connectivity index (χ3v) is 6.74. The Labute approximate surface area is 203 Å². The highest BCUT2D eigenvalue weighted by atomic mass is 32.1. The molecule has 0 saturated carbocycles. The third kappa shape index (κ3) is 4.85. The summed E-state index contributed by atoms with van der Waals surface area (Å²) >= 11 is 1.50. The molecule has 4 nitrogen and oxygen atoms in total. The summed E-state index contributed by atoms with van der Waals surface area (Å²) in [6.07, 6.45) is 0.836. The molecule has 0 N–H and O–H groups in total. The molecule has 5 aromatic rings. The number of aromatic nitrogens is 1. The number of ether oxygens (including phenoxy) is 1. The molecule has 0 radical (unpaired) electrons. The molecule has 1 aromatic heterocycles. The molecule has 0 aliphatic rings. The maximum Gasteiger partial charge on any atom is 0.260 e. The van der Waals surface area contributed by atoms with Crippen molar-refractivity contribution in [1.29, 1.82) is 0 Å². The molecule has 1 heterocycles. The molecule has 0 bridgehead atoms. The van der Waals surface area contributed by atoms with Crippen LogP contribution in [0.4, 0.5) is 5.13 Å². The molecule has 5 rings (SSSR count). The Morgan fingerprint density at radius 3 is 2.15 bits per heavy atom. The van der Waals surface area contributed by atoms with Gasteiger partial charge in [-0.1, -0.05) is 84.1 Å². The molecule has 5 heteroatoms. The van der Waals surface area contributed by atoms with Crippen molar-refractivity contribution in [2.24, 2.45) is 0 Å². The van der Waals surface area contributed by atoms with Gasteiger partial charge in [0, 0.05) is 5.56 Å². The van der Waals surface area contributed by atoms with E-state index in [4.69, 9.17) is 9.72 Å². The van der Waals surface area contributed by atoms with Crippen molar-refractivity contribution >= 4 is 32.6 Å². The molecule has 4 aromatic carbocycles. The standard InChI is InChI=1S/C29H24N2O2S/c1-33-25-16-17-26-27(19-25)34-29(30-26)31(20-23-10-6-3-7-11-23)28(32)24-14-12-22(13-15-24)18-21-8-4-2-5-9-21/h2-17,19H,18,20H2,1H3. The van der Waals surface area contributed by atoms with Crippen LogP contribution in [0, 0.1) is 0 Å². The zero-order valence-corrected chi connectivity index (χ0v) is 19.7. The van der Waals surface area contributed by atoms with E-state index in [2.05, 4.69) is 12.1 Å². The first-order valence-corrected chi connectivity index (χ1v) is 11.9. The van der Waals surface area contributed by atoms with Crippen LogP contribution in [0.15, 0.2) is 103 Å². The monoisotopic (exact) mass is 464 g/mol. The van der Waals surface area contributed by atoms with Gasteiger partial charge in [0.15, 0.2) is 5.13 Å². The molecule has 0 unspecified atom stereocenters. The third-order valence-electron chi connectivity index (χ3n) is 5.70. The van der Waals surface area contributed by atoms with E-state index in [9.17, 15) is 4.79 Å². The number of carbonyl (C=O) groups excluding carboxylic acids is 1. The smallest absolute Gasteiger partial charge is 0.260 e. The number of thiazole rings is 1. The lowest BCUT2D eigenvalue weighted by atomic mass is 10.0. The Hall–Kier alpha value is -3.96. The second-order valence-corrected chi connectivity index (χ2v) is 9.08. The van der Waals surface area contributed by atoms with E-state index < -0.39 is 0 Å². The number of anilines is 1. The number of carbonyl (C=O) groups is 1. The van der Waals surface area contributed by atoms with Crippen LogP contribution in [0.2, 0.25) is 0 Å². The van der Waals surface area contributed by atoms with E-state index in [0.29, 0.717) is 17.2 Å². The molecule has 0 spiro atoms. The summed E-state index contributed by atoms with van der Waals surface area (Å²) in [4.78, 5) is 20.2. The summed E-state index contributed by atoms with van der Waals surface area (Å²) in [7, 11) is 1.65. The summed E-state index contributed by atoms with van der Waals surface area (Å²) in [5.41, 5.74) is 4.96. The summed E-state index contributed by atoms with van der Waals surface area (Å²) in [6.45, 7) is 0.447. The quantitative estimate of drug-likeness (QED) is 0.268. The fourth-order valence-corrected chi connectivity index (χ4v) is 4.87. The second kappa shape index (κ2) is 9.89. The fraction of sp³-hybridized carbons (Fsp3) is 0.103. The van der Waals surface area contributed by atoms with Crippen LogP contribution in [0.1, 0.15) is 27.0 Å². The van der Waals surface area contributed by atoms with Crippen molar-refractivity contribution in [2.45, 2.75) is 13.0 Å². The van der Waals surface area contributed by atoms with E-state index in [-0.39, 0.29) is 5.91 Å². The number of methoxy groups -OCH3 is 1. The second-order valence-electron chi connectivity index (χ2n) is 8.07. The number of fused-ring (bicyclic) bond motifs is 1. The minimum atomic E-state index is -0.0684. The van der Waals surface area contributed by atoms with Gasteiger partial charge in [-0.3, -0.25) is 9.69 Å². The lowest BCUT2D eigenvalue weighted by Crippen LogP contribution is -2.30. The summed E-state index contributed by atoms with van der Waals surface area (Å²) in [6, 6.07) is 34.0. The number of hydrogen-bond donors (Lipinski definition) is 0. The first-order chi connectivity index (χ1) is 16.7. The van der Waals surface area contributed by atoms with Gasteiger partial charge in [-0.15, -0.1) is 0 Å². The fourth-order valence-electron chi connectivity index (χ4n) is 3.88. The van der Waals surface area contributed by atoms with Crippen LogP contribution in [-0.4, -0.2) is 18.0 Å². The molecule has 0 aliphatic carbocycles. The van der Waals surface area contributed by atoms with Gasteiger partial charge in [0.25, 0.3) is 5.91 Å². The van der Waals surface area contributed by atoms with Crippen molar-refractivity contribution in [3.05, 3.63) is 125 Å². The topological polar surface area (TPSA) is 42.4 Å². The van der Waals surface area contributed by atoms with Crippen molar-refractivity contribution in [3.8, 4) is 5.75 Å². The van der Waals surface area contributed by atoms with Crippen LogP contribution >= 0.6 is 11.3 Å². The maximum absolute atomic E-state index is 13.7. The summed E-state index contributed by atoms with van der Waals surface area (Å²) in [5, 5.41) is 0.672. The van der Waals surface area contributed by atoms with Crippen LogP contribution in [0.3, 0.4) is 0 Å². The van der Waals surface area contributed by atoms with E-state index in [1.54, 1.807) is 12.0 Å². The van der Waals surface area contributed by atoms with Gasteiger partial charge in [-0.25, -0.2) is 4.98 Å². The first-order valence-electron chi connectivity index (χ1n) is 11.1. The average molecular weight is 465 g/mol. The van der Waals surface area contributed by atoms with Crippen molar-refractivity contribution in [2.75, 3.05) is 12.0 Å². The normalized spacial score (nSPS) is 10.9. The van der Waals surface area contributed by atoms with E-state index >= 15 is 0 Å². The number of hydrogen-bond acceptors (Lipinski definition) is 4. The van der Waals surface area contributed by atoms with Gasteiger partial charge < -0.3 is 4.74 Å². The van der Waals surface area contributed by atoms with E-state index in [0.717, 1.165) is 28.0 Å². The van der Waals surface area contributed by atoms with Gasteiger partial charge >= 0.3 is 0 Å². The van der Waals surface area contributed by atoms with Gasteiger partial charge in [-0.05, 0) is 53.4 Å². The Morgan fingerprint density at radius 2 is 1.47 bits per heavy atom. The maximum atomic E-state index is 13.7. The largest absolute Gasteiger partial charge is 0.497 e. The molecule has 0 aliphatic heterocycles.